The zero-order valence-electron chi connectivity index (χ0n) is 10.2. The van der Waals surface area contributed by atoms with Crippen LogP contribution in [0.25, 0.3) is 0 Å². The predicted molar refractivity (Wildman–Crippen MR) is 74.0 cm³/mol. The van der Waals surface area contributed by atoms with Gasteiger partial charge < -0.3 is 10.5 Å². The van der Waals surface area contributed by atoms with E-state index >= 15 is 0 Å². The number of nitrogens with two attached hydrogens (primary N) is 1. The fourth-order valence-electron chi connectivity index (χ4n) is 1.57. The average Bonchev–Trinajstić information content (AvgIpc) is 2.38. The maximum atomic E-state index is 13.0. The second-order valence-electron chi connectivity index (χ2n) is 3.93. The van der Waals surface area contributed by atoms with Crippen molar-refractivity contribution in [2.24, 2.45) is 0 Å². The minimum Gasteiger partial charge on any atom is -0.493 e. The van der Waals surface area contributed by atoms with Crippen molar-refractivity contribution in [1.29, 1.82) is 0 Å². The second kappa shape index (κ2) is 6.33. The molecule has 2 rings (SSSR count). The van der Waals surface area contributed by atoms with Gasteiger partial charge in [0, 0.05) is 16.6 Å². The molecule has 0 heterocycles. The van der Waals surface area contributed by atoms with E-state index in [4.69, 9.17) is 10.5 Å². The van der Waals surface area contributed by atoms with Gasteiger partial charge in [-0.05, 0) is 30.3 Å². The minimum absolute atomic E-state index is 0.284. The molecule has 5 heteroatoms. The lowest BCUT2D eigenvalue weighted by atomic mass is 10.3. The number of benzene rings is 2. The summed E-state index contributed by atoms with van der Waals surface area (Å²) in [4.78, 5) is 0.469. The SMILES string of the molecule is Nc1cccc(OCCS(=O)c2cccc(F)c2)c1. The summed E-state index contributed by atoms with van der Waals surface area (Å²) in [6.07, 6.45) is 0. The molecule has 2 aromatic carbocycles. The summed E-state index contributed by atoms with van der Waals surface area (Å²) in [5, 5.41) is 0. The molecule has 0 aromatic heterocycles. The lowest BCUT2D eigenvalue weighted by Crippen LogP contribution is -2.09. The highest BCUT2D eigenvalue weighted by atomic mass is 32.2. The zero-order valence-corrected chi connectivity index (χ0v) is 11.0. The first-order valence-corrected chi connectivity index (χ1v) is 7.09. The largest absolute Gasteiger partial charge is 0.493 e. The van der Waals surface area contributed by atoms with Gasteiger partial charge in [-0.2, -0.15) is 0 Å². The van der Waals surface area contributed by atoms with Crippen molar-refractivity contribution >= 4 is 16.5 Å². The third kappa shape index (κ3) is 4.06. The molecule has 0 bridgehead atoms. The highest BCUT2D eigenvalue weighted by Gasteiger charge is 2.05. The summed E-state index contributed by atoms with van der Waals surface area (Å²) < 4.78 is 30.3. The quantitative estimate of drug-likeness (QED) is 0.856. The summed E-state index contributed by atoms with van der Waals surface area (Å²) in [5.74, 6) is 0.553. The van der Waals surface area contributed by atoms with Gasteiger partial charge in [-0.1, -0.05) is 12.1 Å². The summed E-state index contributed by atoms with van der Waals surface area (Å²) in [5.41, 5.74) is 6.23. The van der Waals surface area contributed by atoms with Gasteiger partial charge in [0.15, 0.2) is 0 Å². The molecule has 19 heavy (non-hydrogen) atoms. The molecule has 0 aliphatic rings. The Balaban J connectivity index is 1.87. The fraction of sp³-hybridized carbons (Fsp3) is 0.143. The summed E-state index contributed by atoms with van der Waals surface area (Å²) in [7, 11) is -1.27. The number of rotatable bonds is 5. The smallest absolute Gasteiger partial charge is 0.124 e. The van der Waals surface area contributed by atoms with Gasteiger partial charge in [0.05, 0.1) is 16.6 Å². The first-order valence-electron chi connectivity index (χ1n) is 5.77. The van der Waals surface area contributed by atoms with Gasteiger partial charge in [-0.3, -0.25) is 4.21 Å². The Labute approximate surface area is 113 Å². The van der Waals surface area contributed by atoms with Crippen molar-refractivity contribution in [3.8, 4) is 5.75 Å². The van der Waals surface area contributed by atoms with Crippen LogP contribution in [-0.4, -0.2) is 16.6 Å². The standard InChI is InChI=1S/C14H14FNO2S/c15-11-3-1-6-14(9-11)19(17)8-7-18-13-5-2-4-12(16)10-13/h1-6,9-10H,7-8,16H2. The van der Waals surface area contributed by atoms with Crippen LogP contribution in [0.4, 0.5) is 10.1 Å². The van der Waals surface area contributed by atoms with Crippen molar-refractivity contribution in [3.05, 3.63) is 54.3 Å². The molecule has 0 aliphatic heterocycles. The van der Waals surface area contributed by atoms with Gasteiger partial charge >= 0.3 is 0 Å². The van der Waals surface area contributed by atoms with E-state index in [-0.39, 0.29) is 12.4 Å². The maximum absolute atomic E-state index is 13.0. The Kier molecular flexibility index (Phi) is 4.52. The molecule has 0 spiro atoms. The zero-order chi connectivity index (χ0) is 13.7. The Bertz CT molecular complexity index is 589. The molecule has 100 valence electrons. The Morgan fingerprint density at radius 2 is 1.95 bits per heavy atom. The van der Waals surface area contributed by atoms with E-state index in [9.17, 15) is 8.60 Å². The summed E-state index contributed by atoms with van der Waals surface area (Å²) >= 11 is 0. The third-order valence-electron chi connectivity index (χ3n) is 2.45. The Morgan fingerprint density at radius 1 is 1.16 bits per heavy atom. The number of anilines is 1. The fourth-order valence-corrected chi connectivity index (χ4v) is 2.51. The summed E-state index contributed by atoms with van der Waals surface area (Å²) in [6, 6.07) is 12.8. The Hall–Kier alpha value is -1.88. The molecule has 0 saturated carbocycles. The van der Waals surface area contributed by atoms with E-state index < -0.39 is 10.8 Å². The second-order valence-corrected chi connectivity index (χ2v) is 5.50. The van der Waals surface area contributed by atoms with Gasteiger partial charge in [0.2, 0.25) is 0 Å². The normalized spacial score (nSPS) is 12.1. The van der Waals surface area contributed by atoms with Crippen LogP contribution < -0.4 is 10.5 Å². The van der Waals surface area contributed by atoms with Crippen molar-refractivity contribution in [1.82, 2.24) is 0 Å². The van der Waals surface area contributed by atoms with Crippen molar-refractivity contribution in [2.45, 2.75) is 4.90 Å². The van der Waals surface area contributed by atoms with Crippen LogP contribution in [0.15, 0.2) is 53.4 Å². The number of hydrogen-bond donors (Lipinski definition) is 1. The van der Waals surface area contributed by atoms with Crippen molar-refractivity contribution in [3.63, 3.8) is 0 Å². The van der Waals surface area contributed by atoms with Crippen LogP contribution >= 0.6 is 0 Å². The Morgan fingerprint density at radius 3 is 2.68 bits per heavy atom. The highest BCUT2D eigenvalue weighted by molar-refractivity contribution is 7.85. The molecular formula is C14H14FNO2S. The first-order chi connectivity index (χ1) is 9.15. The average molecular weight is 279 g/mol. The van der Waals surface area contributed by atoms with Gasteiger partial charge in [0.1, 0.15) is 18.2 Å². The lowest BCUT2D eigenvalue weighted by Gasteiger charge is -2.07. The topological polar surface area (TPSA) is 52.3 Å². The van der Waals surface area contributed by atoms with Gasteiger partial charge in [-0.15, -0.1) is 0 Å². The van der Waals surface area contributed by atoms with Crippen LogP contribution in [-0.2, 0) is 10.8 Å². The molecule has 0 amide bonds. The van der Waals surface area contributed by atoms with Gasteiger partial charge in [-0.25, -0.2) is 4.39 Å². The number of ether oxygens (including phenoxy) is 1. The maximum Gasteiger partial charge on any atom is 0.124 e. The van der Waals surface area contributed by atoms with E-state index in [1.54, 1.807) is 36.4 Å². The van der Waals surface area contributed by atoms with Crippen LogP contribution in [0.1, 0.15) is 0 Å². The molecule has 1 unspecified atom stereocenters. The van der Waals surface area contributed by atoms with E-state index in [0.29, 0.717) is 22.1 Å². The predicted octanol–water partition coefficient (Wildman–Crippen LogP) is 2.59. The molecular weight excluding hydrogens is 265 g/mol. The monoisotopic (exact) mass is 279 g/mol. The third-order valence-corrected chi connectivity index (χ3v) is 3.77. The van der Waals surface area contributed by atoms with E-state index in [1.165, 1.54) is 12.1 Å². The highest BCUT2D eigenvalue weighted by Crippen LogP contribution is 2.15. The molecule has 0 fully saturated rings. The molecule has 0 radical (unpaired) electrons. The molecule has 2 N–H and O–H groups in total. The molecule has 2 aromatic rings. The lowest BCUT2D eigenvalue weighted by molar-refractivity contribution is 0.343. The van der Waals surface area contributed by atoms with E-state index in [0.717, 1.165) is 0 Å². The van der Waals surface area contributed by atoms with Crippen LogP contribution in [0, 0.1) is 5.82 Å². The molecule has 0 saturated heterocycles. The number of hydrogen-bond acceptors (Lipinski definition) is 3. The first kappa shape index (κ1) is 13.5. The molecule has 3 nitrogen and oxygen atoms in total. The van der Waals surface area contributed by atoms with Crippen molar-refractivity contribution in [2.75, 3.05) is 18.1 Å². The number of halogens is 1. The van der Waals surface area contributed by atoms with Gasteiger partial charge in [0.25, 0.3) is 0 Å². The van der Waals surface area contributed by atoms with E-state index in [2.05, 4.69) is 0 Å². The van der Waals surface area contributed by atoms with Crippen LogP contribution in [0.3, 0.4) is 0 Å². The molecule has 1 atom stereocenters. The molecule has 0 aliphatic carbocycles. The minimum atomic E-state index is -1.27. The van der Waals surface area contributed by atoms with Crippen molar-refractivity contribution < 1.29 is 13.3 Å². The number of nitrogen functional groups attached to an aromatic ring is 1. The van der Waals surface area contributed by atoms with Crippen LogP contribution in [0.5, 0.6) is 5.75 Å². The van der Waals surface area contributed by atoms with Crippen LogP contribution in [0.2, 0.25) is 0 Å². The van der Waals surface area contributed by atoms with E-state index in [1.807, 2.05) is 0 Å². The summed E-state index contributed by atoms with van der Waals surface area (Å²) in [6.45, 7) is 0.284.